The Hall–Kier alpha value is -3.97. The fraction of sp³-hybridized carbons (Fsp3) is 0.250. The third-order valence-corrected chi connectivity index (χ3v) is 6.43. The molecule has 0 spiro atoms. The van der Waals surface area contributed by atoms with E-state index in [0.29, 0.717) is 28.2 Å². The minimum absolute atomic E-state index is 0.214. The molecular formula is C28H26N2O5. The molecule has 0 bridgehead atoms. The molecule has 2 N–H and O–H groups in total. The van der Waals surface area contributed by atoms with Crippen LogP contribution in [0.4, 0.5) is 0 Å². The number of aromatic nitrogens is 2. The molecule has 1 aliphatic carbocycles. The van der Waals surface area contributed by atoms with Gasteiger partial charge in [-0.05, 0) is 61.1 Å². The average molecular weight is 471 g/mol. The molecule has 5 rings (SSSR count). The van der Waals surface area contributed by atoms with Gasteiger partial charge in [-0.15, -0.1) is 0 Å². The van der Waals surface area contributed by atoms with Gasteiger partial charge in [-0.25, -0.2) is 14.6 Å². The number of aliphatic hydroxyl groups is 1. The lowest BCUT2D eigenvalue weighted by Crippen LogP contribution is -2.15. The summed E-state index contributed by atoms with van der Waals surface area (Å²) in [5.41, 5.74) is 5.34. The number of nitrogens with zero attached hydrogens (tertiary/aromatic N) is 2. The number of pyridine rings is 1. The lowest BCUT2D eigenvalue weighted by Gasteiger charge is -2.17. The molecule has 7 heteroatoms. The second-order valence-corrected chi connectivity index (χ2v) is 8.82. The molecule has 0 radical (unpaired) electrons. The van der Waals surface area contributed by atoms with Crippen molar-refractivity contribution in [3.05, 3.63) is 94.4 Å². The van der Waals surface area contributed by atoms with E-state index in [2.05, 4.69) is 0 Å². The average Bonchev–Trinajstić information content (AvgIpc) is 3.63. The number of carbonyl (C=O) groups is 2. The van der Waals surface area contributed by atoms with Crippen LogP contribution in [0.2, 0.25) is 0 Å². The van der Waals surface area contributed by atoms with E-state index in [-0.39, 0.29) is 18.1 Å². The Morgan fingerprint density at radius 2 is 1.80 bits per heavy atom. The van der Waals surface area contributed by atoms with Crippen LogP contribution in [0.5, 0.6) is 0 Å². The quantitative estimate of drug-likeness (QED) is 0.363. The molecule has 7 nitrogen and oxygen atoms in total. The van der Waals surface area contributed by atoms with Crippen molar-refractivity contribution in [1.82, 2.24) is 9.38 Å². The highest BCUT2D eigenvalue weighted by atomic mass is 16.5. The number of carbonyl (C=O) groups excluding carboxylic acids is 1. The molecule has 1 fully saturated rings. The van der Waals surface area contributed by atoms with Crippen LogP contribution >= 0.6 is 0 Å². The van der Waals surface area contributed by atoms with Crippen molar-refractivity contribution >= 4 is 17.6 Å². The number of aryl methyl sites for hydroxylation is 1. The van der Waals surface area contributed by atoms with Gasteiger partial charge in [0.25, 0.3) is 0 Å². The zero-order valence-corrected chi connectivity index (χ0v) is 19.6. The van der Waals surface area contributed by atoms with Gasteiger partial charge in [0, 0.05) is 5.92 Å². The second kappa shape index (κ2) is 9.00. The lowest BCUT2D eigenvalue weighted by molar-refractivity contribution is 0.0515. The van der Waals surface area contributed by atoms with Gasteiger partial charge in [0.1, 0.15) is 11.8 Å². The Balaban J connectivity index is 1.59. The number of benzene rings is 2. The Morgan fingerprint density at radius 3 is 2.46 bits per heavy atom. The van der Waals surface area contributed by atoms with Gasteiger partial charge < -0.3 is 14.9 Å². The molecule has 0 saturated heterocycles. The van der Waals surface area contributed by atoms with E-state index in [1.807, 2.05) is 19.1 Å². The third kappa shape index (κ3) is 4.08. The summed E-state index contributed by atoms with van der Waals surface area (Å²) in [5.74, 6) is -1.21. The van der Waals surface area contributed by atoms with E-state index in [1.54, 1.807) is 59.9 Å². The van der Waals surface area contributed by atoms with Gasteiger partial charge in [-0.3, -0.25) is 4.40 Å². The number of rotatable bonds is 7. The predicted octanol–water partition coefficient (Wildman–Crippen LogP) is 5.14. The van der Waals surface area contributed by atoms with Crippen LogP contribution in [0.1, 0.15) is 75.1 Å². The van der Waals surface area contributed by atoms with Gasteiger partial charge in [0.2, 0.25) is 0 Å². The summed E-state index contributed by atoms with van der Waals surface area (Å²) in [7, 11) is 0. The first kappa shape index (κ1) is 22.8. The molecule has 1 aliphatic rings. The topological polar surface area (TPSA) is 101 Å². The number of aliphatic hydroxyl groups excluding tert-OH is 1. The van der Waals surface area contributed by atoms with Gasteiger partial charge in [0.05, 0.1) is 23.6 Å². The highest BCUT2D eigenvalue weighted by molar-refractivity contribution is 5.96. The van der Waals surface area contributed by atoms with Gasteiger partial charge >= 0.3 is 11.9 Å². The summed E-state index contributed by atoms with van der Waals surface area (Å²) in [4.78, 5) is 29.4. The van der Waals surface area contributed by atoms with Gasteiger partial charge in [0.15, 0.2) is 5.69 Å². The first-order valence-corrected chi connectivity index (χ1v) is 11.7. The van der Waals surface area contributed by atoms with Crippen molar-refractivity contribution in [2.24, 2.45) is 0 Å². The molecule has 178 valence electrons. The maximum Gasteiger partial charge on any atom is 0.357 e. The van der Waals surface area contributed by atoms with E-state index < -0.39 is 18.0 Å². The van der Waals surface area contributed by atoms with Crippen LogP contribution < -0.4 is 0 Å². The van der Waals surface area contributed by atoms with Crippen molar-refractivity contribution in [3.63, 3.8) is 0 Å². The number of carboxylic acids is 1. The highest BCUT2D eigenvalue weighted by Gasteiger charge is 2.35. The molecule has 35 heavy (non-hydrogen) atoms. The minimum Gasteiger partial charge on any atom is -0.478 e. The molecule has 2 heterocycles. The summed E-state index contributed by atoms with van der Waals surface area (Å²) in [6.45, 7) is 3.95. The third-order valence-electron chi connectivity index (χ3n) is 6.43. The van der Waals surface area contributed by atoms with Crippen molar-refractivity contribution in [3.8, 4) is 11.1 Å². The zero-order valence-electron chi connectivity index (χ0n) is 19.6. The molecule has 0 aliphatic heterocycles. The van der Waals surface area contributed by atoms with Crippen molar-refractivity contribution in [1.29, 1.82) is 0 Å². The molecule has 1 saturated carbocycles. The Morgan fingerprint density at radius 1 is 1.09 bits per heavy atom. The summed E-state index contributed by atoms with van der Waals surface area (Å²) in [6.07, 6.45) is 0.926. The highest BCUT2D eigenvalue weighted by Crippen LogP contribution is 2.42. The fourth-order valence-corrected chi connectivity index (χ4v) is 4.50. The number of carboxylic acid groups (broad SMARTS) is 1. The smallest absolute Gasteiger partial charge is 0.357 e. The van der Waals surface area contributed by atoms with Crippen molar-refractivity contribution in [2.45, 2.75) is 38.7 Å². The molecule has 1 unspecified atom stereocenters. The Bertz CT molecular complexity index is 1430. The largest absolute Gasteiger partial charge is 0.478 e. The van der Waals surface area contributed by atoms with E-state index in [0.717, 1.165) is 29.7 Å². The maximum atomic E-state index is 13.0. The molecule has 4 aromatic rings. The SMILES string of the molecule is CCOC(=O)c1c(C2CC2)nc2c(C)ccc(C(O)c3ccc(-c4ccccc4C(=O)O)cc3)n12. The number of aromatic carboxylic acids is 1. The number of hydrogen-bond acceptors (Lipinski definition) is 5. The molecule has 2 aromatic heterocycles. The lowest BCUT2D eigenvalue weighted by atomic mass is 9.97. The second-order valence-electron chi connectivity index (χ2n) is 8.82. The molecule has 1 atom stereocenters. The Kier molecular flexibility index (Phi) is 5.86. The normalized spacial score (nSPS) is 14.1. The minimum atomic E-state index is -1.03. The van der Waals surface area contributed by atoms with E-state index in [9.17, 15) is 19.8 Å². The fourth-order valence-electron chi connectivity index (χ4n) is 4.50. The zero-order chi connectivity index (χ0) is 24.7. The van der Waals surface area contributed by atoms with E-state index >= 15 is 0 Å². The first-order chi connectivity index (χ1) is 16.9. The van der Waals surface area contributed by atoms with Crippen molar-refractivity contribution < 1.29 is 24.5 Å². The van der Waals surface area contributed by atoms with Crippen LogP contribution in [0.25, 0.3) is 16.8 Å². The Labute approximate surface area is 202 Å². The van der Waals surface area contributed by atoms with Crippen LogP contribution in [0.3, 0.4) is 0 Å². The maximum absolute atomic E-state index is 13.0. The van der Waals surface area contributed by atoms with Crippen LogP contribution in [0.15, 0.2) is 60.7 Å². The number of ether oxygens (including phenoxy) is 1. The summed E-state index contributed by atoms with van der Waals surface area (Å²) in [5, 5.41) is 20.9. The van der Waals surface area contributed by atoms with Gasteiger partial charge in [-0.2, -0.15) is 0 Å². The number of fused-ring (bicyclic) bond motifs is 1. The van der Waals surface area contributed by atoms with E-state index in [1.165, 1.54) is 0 Å². The summed E-state index contributed by atoms with van der Waals surface area (Å²) in [6, 6.07) is 17.6. The number of imidazole rings is 1. The van der Waals surface area contributed by atoms with Crippen molar-refractivity contribution in [2.75, 3.05) is 6.61 Å². The standard InChI is InChI=1S/C28H26N2O5/c1-3-35-28(34)24-23(18-11-12-18)29-26-16(2)8-15-22(30(24)26)25(31)19-13-9-17(10-14-19)20-6-4-5-7-21(20)27(32)33/h4-10,13-15,18,25,31H,3,11-12H2,1-2H3,(H,32,33). The molecular weight excluding hydrogens is 444 g/mol. The number of esters is 1. The number of hydrogen-bond donors (Lipinski definition) is 2. The molecule has 2 aromatic carbocycles. The van der Waals surface area contributed by atoms with Crippen LogP contribution in [-0.2, 0) is 4.74 Å². The van der Waals surface area contributed by atoms with E-state index in [4.69, 9.17) is 9.72 Å². The summed E-state index contributed by atoms with van der Waals surface area (Å²) < 4.78 is 7.09. The van der Waals surface area contributed by atoms with Crippen LogP contribution in [0, 0.1) is 6.92 Å². The van der Waals surface area contributed by atoms with Gasteiger partial charge in [-0.1, -0.05) is 48.5 Å². The predicted molar refractivity (Wildman–Crippen MR) is 131 cm³/mol. The van der Waals surface area contributed by atoms with Crippen LogP contribution in [-0.4, -0.2) is 38.1 Å². The molecule has 0 amide bonds. The first-order valence-electron chi connectivity index (χ1n) is 11.7. The monoisotopic (exact) mass is 470 g/mol. The summed E-state index contributed by atoms with van der Waals surface area (Å²) >= 11 is 0.